The van der Waals surface area contributed by atoms with Crippen molar-refractivity contribution < 1.29 is 14.1 Å². The summed E-state index contributed by atoms with van der Waals surface area (Å²) in [6.45, 7) is 7.36. The molecule has 1 aromatic rings. The third-order valence-corrected chi connectivity index (χ3v) is 5.15. The Kier molecular flexibility index (Phi) is 5.02. The molecule has 0 saturated carbocycles. The normalized spacial score (nSPS) is 25.4. The second-order valence-corrected chi connectivity index (χ2v) is 6.50. The molecule has 0 unspecified atom stereocenters. The molecule has 0 N–H and O–H groups in total. The quantitative estimate of drug-likeness (QED) is 0.836. The highest BCUT2D eigenvalue weighted by Gasteiger charge is 2.37. The van der Waals surface area contributed by atoms with E-state index in [2.05, 4.69) is 17.1 Å². The molecule has 0 aliphatic carbocycles. The van der Waals surface area contributed by atoms with Crippen LogP contribution in [0.15, 0.2) is 4.52 Å². The first kappa shape index (κ1) is 16.5. The van der Waals surface area contributed by atoms with Crippen molar-refractivity contribution in [3.8, 4) is 0 Å². The van der Waals surface area contributed by atoms with E-state index in [1.807, 2.05) is 18.7 Å². The number of morpholine rings is 1. The van der Waals surface area contributed by atoms with Gasteiger partial charge in [0.2, 0.25) is 5.91 Å². The Labute approximate surface area is 137 Å². The molecule has 0 bridgehead atoms. The van der Waals surface area contributed by atoms with Gasteiger partial charge in [-0.15, -0.1) is 0 Å². The van der Waals surface area contributed by atoms with Crippen molar-refractivity contribution in [3.63, 3.8) is 0 Å². The number of ether oxygens (including phenoxy) is 1. The van der Waals surface area contributed by atoms with Crippen LogP contribution in [0, 0.1) is 0 Å². The predicted molar refractivity (Wildman–Crippen MR) is 86.3 cm³/mol. The first-order valence-corrected chi connectivity index (χ1v) is 8.69. The van der Waals surface area contributed by atoms with Gasteiger partial charge in [0.1, 0.15) is 5.76 Å². The summed E-state index contributed by atoms with van der Waals surface area (Å²) >= 11 is 0. The average molecular weight is 321 g/mol. The van der Waals surface area contributed by atoms with Crippen LogP contribution in [0.25, 0.3) is 0 Å². The van der Waals surface area contributed by atoms with Gasteiger partial charge >= 0.3 is 0 Å². The van der Waals surface area contributed by atoms with E-state index in [1.165, 1.54) is 0 Å². The van der Waals surface area contributed by atoms with Crippen LogP contribution in [-0.4, -0.2) is 66.3 Å². The lowest BCUT2D eigenvalue weighted by Crippen LogP contribution is -2.59. The van der Waals surface area contributed by atoms with Crippen LogP contribution in [0.5, 0.6) is 0 Å². The number of fused-ring (bicyclic) bond motifs is 1. The van der Waals surface area contributed by atoms with Crippen LogP contribution in [0.4, 0.5) is 0 Å². The van der Waals surface area contributed by atoms with E-state index < -0.39 is 0 Å². The van der Waals surface area contributed by atoms with Gasteiger partial charge in [-0.1, -0.05) is 19.0 Å². The Balaban J connectivity index is 1.68. The van der Waals surface area contributed by atoms with E-state index >= 15 is 0 Å². The summed E-state index contributed by atoms with van der Waals surface area (Å²) in [6.07, 6.45) is 3.17. The number of aryl methyl sites for hydroxylation is 2. The van der Waals surface area contributed by atoms with E-state index in [-0.39, 0.29) is 12.0 Å². The number of carbonyl (C=O) groups excluding carboxylic acids is 1. The predicted octanol–water partition coefficient (Wildman–Crippen LogP) is 1.27. The number of likely N-dealkylation sites (N-methyl/N-ethyl adjacent to an activating group) is 1. The Hall–Kier alpha value is -1.40. The molecule has 2 atom stereocenters. The second kappa shape index (κ2) is 7.01. The molecule has 6 nitrogen and oxygen atoms in total. The molecular formula is C17H27N3O3. The van der Waals surface area contributed by atoms with Crippen molar-refractivity contribution in [3.05, 3.63) is 17.0 Å². The Bertz CT molecular complexity index is 536. The van der Waals surface area contributed by atoms with Gasteiger partial charge in [-0.05, 0) is 19.9 Å². The maximum atomic E-state index is 12.8. The fraction of sp³-hybridized carbons (Fsp3) is 0.765. The molecule has 0 spiro atoms. The van der Waals surface area contributed by atoms with Crippen LogP contribution in [0.1, 0.15) is 37.3 Å². The van der Waals surface area contributed by atoms with E-state index in [9.17, 15) is 4.79 Å². The number of amides is 1. The van der Waals surface area contributed by atoms with Gasteiger partial charge in [0.05, 0.1) is 30.9 Å². The van der Waals surface area contributed by atoms with Gasteiger partial charge < -0.3 is 14.2 Å². The average Bonchev–Trinajstić information content (AvgIpc) is 2.96. The second-order valence-electron chi connectivity index (χ2n) is 6.50. The van der Waals surface area contributed by atoms with E-state index in [0.29, 0.717) is 12.5 Å². The van der Waals surface area contributed by atoms with E-state index in [1.54, 1.807) is 0 Å². The number of aromatic nitrogens is 1. The summed E-state index contributed by atoms with van der Waals surface area (Å²) in [5.74, 6) is 1.03. The van der Waals surface area contributed by atoms with E-state index in [4.69, 9.17) is 9.26 Å². The maximum absolute atomic E-state index is 12.8. The zero-order valence-corrected chi connectivity index (χ0v) is 14.4. The van der Waals surface area contributed by atoms with Crippen LogP contribution in [0.3, 0.4) is 0 Å². The van der Waals surface area contributed by atoms with Crippen molar-refractivity contribution in [2.45, 2.75) is 51.7 Å². The lowest BCUT2D eigenvalue weighted by atomic mass is 9.98. The number of carbonyl (C=O) groups is 1. The summed E-state index contributed by atoms with van der Waals surface area (Å²) in [7, 11) is 2.12. The SMILES string of the molecule is CCc1noc(CC)c1CC(=O)N1CC[C@H]2OCCN(C)[C@H]2C1. The maximum Gasteiger partial charge on any atom is 0.227 e. The minimum Gasteiger partial charge on any atom is -0.375 e. The number of nitrogens with zero attached hydrogens (tertiary/aromatic N) is 3. The minimum absolute atomic E-state index is 0.176. The van der Waals surface area contributed by atoms with Crippen molar-refractivity contribution in [2.24, 2.45) is 0 Å². The molecule has 3 heterocycles. The largest absolute Gasteiger partial charge is 0.375 e. The first-order chi connectivity index (χ1) is 11.1. The molecule has 2 fully saturated rings. The summed E-state index contributed by atoms with van der Waals surface area (Å²) in [4.78, 5) is 17.1. The highest BCUT2D eigenvalue weighted by molar-refractivity contribution is 5.79. The number of likely N-dealkylation sites (tertiary alicyclic amines) is 1. The molecule has 1 aromatic heterocycles. The Morgan fingerprint density at radius 3 is 2.87 bits per heavy atom. The van der Waals surface area contributed by atoms with Crippen LogP contribution in [-0.2, 0) is 28.8 Å². The summed E-state index contributed by atoms with van der Waals surface area (Å²) in [5, 5.41) is 4.11. The smallest absolute Gasteiger partial charge is 0.227 e. The van der Waals surface area contributed by atoms with Gasteiger partial charge in [0.15, 0.2) is 0 Å². The molecule has 0 aromatic carbocycles. The van der Waals surface area contributed by atoms with Gasteiger partial charge in [-0.2, -0.15) is 0 Å². The lowest BCUT2D eigenvalue weighted by Gasteiger charge is -2.45. The summed E-state index contributed by atoms with van der Waals surface area (Å²) in [6, 6.07) is 0.320. The first-order valence-electron chi connectivity index (χ1n) is 8.69. The van der Waals surface area contributed by atoms with Crippen molar-refractivity contribution in [1.29, 1.82) is 0 Å². The number of hydrogen-bond acceptors (Lipinski definition) is 5. The minimum atomic E-state index is 0.176. The van der Waals surface area contributed by atoms with Crippen LogP contribution < -0.4 is 0 Å². The zero-order valence-electron chi connectivity index (χ0n) is 14.4. The molecule has 3 rings (SSSR count). The number of rotatable bonds is 4. The molecule has 6 heteroatoms. The molecule has 128 valence electrons. The molecule has 2 aliphatic rings. The van der Waals surface area contributed by atoms with Crippen molar-refractivity contribution in [2.75, 3.05) is 33.3 Å². The molecule has 1 amide bonds. The highest BCUT2D eigenvalue weighted by Crippen LogP contribution is 2.23. The topological polar surface area (TPSA) is 58.8 Å². The fourth-order valence-electron chi connectivity index (χ4n) is 3.67. The van der Waals surface area contributed by atoms with Crippen molar-refractivity contribution in [1.82, 2.24) is 15.0 Å². The van der Waals surface area contributed by atoms with Gasteiger partial charge in [-0.3, -0.25) is 9.69 Å². The summed E-state index contributed by atoms with van der Waals surface area (Å²) in [5.41, 5.74) is 1.92. The van der Waals surface area contributed by atoms with Gasteiger partial charge in [-0.25, -0.2) is 0 Å². The van der Waals surface area contributed by atoms with Gasteiger partial charge in [0.25, 0.3) is 0 Å². The standard InChI is InChI=1S/C17H27N3O3/c1-4-13-12(15(5-2)23-18-13)10-17(21)20-7-6-16-14(11-20)19(3)8-9-22-16/h14,16H,4-11H2,1-3H3/t14-,16+/m0/s1. The molecule has 2 aliphatic heterocycles. The Morgan fingerprint density at radius 1 is 1.30 bits per heavy atom. The highest BCUT2D eigenvalue weighted by atomic mass is 16.5. The number of piperidine rings is 1. The summed E-state index contributed by atoms with van der Waals surface area (Å²) < 4.78 is 11.2. The van der Waals surface area contributed by atoms with Crippen LogP contribution in [0.2, 0.25) is 0 Å². The molecular weight excluding hydrogens is 294 g/mol. The molecule has 0 radical (unpaired) electrons. The van der Waals surface area contributed by atoms with Crippen molar-refractivity contribution >= 4 is 5.91 Å². The third kappa shape index (κ3) is 3.28. The fourth-order valence-corrected chi connectivity index (χ4v) is 3.67. The molecule has 23 heavy (non-hydrogen) atoms. The van der Waals surface area contributed by atoms with E-state index in [0.717, 1.165) is 62.5 Å². The third-order valence-electron chi connectivity index (χ3n) is 5.15. The lowest BCUT2D eigenvalue weighted by molar-refractivity contribution is -0.140. The number of hydrogen-bond donors (Lipinski definition) is 0. The van der Waals surface area contributed by atoms with Gasteiger partial charge in [0, 0.05) is 31.6 Å². The van der Waals surface area contributed by atoms with Crippen LogP contribution >= 0.6 is 0 Å². The Morgan fingerprint density at radius 2 is 2.13 bits per heavy atom. The molecule has 2 saturated heterocycles. The monoisotopic (exact) mass is 321 g/mol. The zero-order chi connectivity index (χ0) is 16.4.